The normalized spacial score (nSPS) is 16.5. The highest BCUT2D eigenvalue weighted by Gasteiger charge is 2.34. The Labute approximate surface area is 116 Å². The van der Waals surface area contributed by atoms with Crippen molar-refractivity contribution in [2.45, 2.75) is 17.1 Å². The first-order valence-corrected chi connectivity index (χ1v) is 8.08. The van der Waals surface area contributed by atoms with Crippen molar-refractivity contribution >= 4 is 27.3 Å². The van der Waals surface area contributed by atoms with Gasteiger partial charge in [-0.05, 0) is 12.8 Å². The fourth-order valence-electron chi connectivity index (χ4n) is 2.00. The van der Waals surface area contributed by atoms with Crippen LogP contribution in [-0.2, 0) is 14.8 Å². The number of thiophene rings is 1. The Kier molecular flexibility index (Phi) is 4.12. The molecule has 2 rings (SSSR count). The molecule has 1 aromatic rings. The monoisotopic (exact) mass is 305 g/mol. The Bertz CT molecular complexity index is 572. The summed E-state index contributed by atoms with van der Waals surface area (Å²) in [6, 6.07) is 0. The lowest BCUT2D eigenvalue weighted by Gasteiger charge is -2.15. The van der Waals surface area contributed by atoms with Gasteiger partial charge in [0.25, 0.3) is 10.0 Å². The number of sulfonamides is 1. The Hall–Kier alpha value is -1.12. The number of carbonyl (C=O) groups is 1. The maximum absolute atomic E-state index is 12.4. The second-order valence-electron chi connectivity index (χ2n) is 4.07. The number of hydrogen-bond donors (Lipinski definition) is 0. The molecule has 0 unspecified atom stereocenters. The average Bonchev–Trinajstić information content (AvgIpc) is 3.06. The molecule has 19 heavy (non-hydrogen) atoms. The first-order valence-electron chi connectivity index (χ1n) is 5.76. The summed E-state index contributed by atoms with van der Waals surface area (Å²) in [6.45, 7) is 1.02. The van der Waals surface area contributed by atoms with Crippen LogP contribution in [0.2, 0.25) is 0 Å². The van der Waals surface area contributed by atoms with Crippen LogP contribution < -0.4 is 4.74 Å². The van der Waals surface area contributed by atoms with Gasteiger partial charge in [-0.1, -0.05) is 0 Å². The smallest absolute Gasteiger partial charge is 0.342 e. The maximum atomic E-state index is 12.4. The van der Waals surface area contributed by atoms with Gasteiger partial charge >= 0.3 is 5.97 Å². The molecule has 1 fully saturated rings. The minimum Gasteiger partial charge on any atom is -0.494 e. The molecule has 0 radical (unpaired) electrons. The minimum absolute atomic E-state index is 0.0669. The van der Waals surface area contributed by atoms with Gasteiger partial charge in [0.1, 0.15) is 5.56 Å². The van der Waals surface area contributed by atoms with E-state index in [1.165, 1.54) is 23.9 Å². The van der Waals surface area contributed by atoms with Gasteiger partial charge in [-0.25, -0.2) is 13.2 Å². The van der Waals surface area contributed by atoms with Crippen molar-refractivity contribution < 1.29 is 22.7 Å². The Morgan fingerprint density at radius 3 is 2.47 bits per heavy atom. The number of rotatable bonds is 4. The first kappa shape index (κ1) is 14.3. The zero-order chi connectivity index (χ0) is 14.0. The molecule has 0 amide bonds. The second kappa shape index (κ2) is 5.48. The van der Waals surface area contributed by atoms with Crippen LogP contribution in [0.1, 0.15) is 23.2 Å². The second-order valence-corrected chi connectivity index (χ2v) is 7.09. The number of ether oxygens (including phenoxy) is 2. The summed E-state index contributed by atoms with van der Waals surface area (Å²) < 4.78 is 36.1. The molecule has 106 valence electrons. The first-order chi connectivity index (χ1) is 9.02. The van der Waals surface area contributed by atoms with E-state index in [1.807, 2.05) is 0 Å². The number of carbonyl (C=O) groups excluding carboxylic acids is 1. The van der Waals surface area contributed by atoms with Crippen molar-refractivity contribution in [1.82, 2.24) is 4.31 Å². The molecule has 1 aromatic heterocycles. The molecule has 0 atom stereocenters. The van der Waals surface area contributed by atoms with Gasteiger partial charge in [0, 0.05) is 18.5 Å². The number of hydrogen-bond acceptors (Lipinski definition) is 6. The lowest BCUT2D eigenvalue weighted by Crippen LogP contribution is -2.27. The van der Waals surface area contributed by atoms with Crippen LogP contribution >= 0.6 is 11.3 Å². The maximum Gasteiger partial charge on any atom is 0.342 e. The molecule has 0 aliphatic carbocycles. The van der Waals surface area contributed by atoms with Gasteiger partial charge in [-0.15, -0.1) is 11.3 Å². The summed E-state index contributed by atoms with van der Waals surface area (Å²) in [6.07, 6.45) is 1.72. The quantitative estimate of drug-likeness (QED) is 0.785. The van der Waals surface area contributed by atoms with Crippen molar-refractivity contribution in [3.63, 3.8) is 0 Å². The van der Waals surface area contributed by atoms with Crippen molar-refractivity contribution in [3.8, 4) is 5.75 Å². The third-order valence-electron chi connectivity index (χ3n) is 2.96. The lowest BCUT2D eigenvalue weighted by atomic mass is 10.3. The highest BCUT2D eigenvalue weighted by atomic mass is 32.2. The highest BCUT2D eigenvalue weighted by molar-refractivity contribution is 7.91. The van der Waals surface area contributed by atoms with E-state index >= 15 is 0 Å². The summed E-state index contributed by atoms with van der Waals surface area (Å²) in [5.74, 6) is -0.528. The molecule has 1 aliphatic rings. The zero-order valence-electron chi connectivity index (χ0n) is 10.7. The topological polar surface area (TPSA) is 72.9 Å². The van der Waals surface area contributed by atoms with Crippen LogP contribution in [0.15, 0.2) is 9.59 Å². The molecular formula is C11H15NO5S2. The molecule has 0 spiro atoms. The predicted octanol–water partition coefficient (Wildman–Crippen LogP) is 1.33. The van der Waals surface area contributed by atoms with Gasteiger partial charge in [0.2, 0.25) is 0 Å². The van der Waals surface area contributed by atoms with Crippen molar-refractivity contribution in [1.29, 1.82) is 0 Å². The molecule has 0 bridgehead atoms. The molecule has 2 heterocycles. The van der Waals surface area contributed by atoms with Gasteiger partial charge < -0.3 is 9.47 Å². The van der Waals surface area contributed by atoms with Crippen LogP contribution in [0.3, 0.4) is 0 Å². The van der Waals surface area contributed by atoms with E-state index in [0.29, 0.717) is 13.1 Å². The standard InChI is InChI=1S/C11H15NO5S2/c1-16-9-8(10(13)17-2)7-18-11(9)19(14,15)12-5-3-4-6-12/h7H,3-6H2,1-2H3. The van der Waals surface area contributed by atoms with E-state index in [-0.39, 0.29) is 15.5 Å². The van der Waals surface area contributed by atoms with Gasteiger partial charge in [-0.3, -0.25) is 0 Å². The van der Waals surface area contributed by atoms with Gasteiger partial charge in [-0.2, -0.15) is 4.31 Å². The van der Waals surface area contributed by atoms with Crippen LogP contribution in [0.25, 0.3) is 0 Å². The molecule has 0 saturated carbocycles. The molecule has 1 saturated heterocycles. The van der Waals surface area contributed by atoms with Crippen LogP contribution in [0.4, 0.5) is 0 Å². The van der Waals surface area contributed by atoms with E-state index < -0.39 is 16.0 Å². The summed E-state index contributed by atoms with van der Waals surface area (Å²) in [7, 11) is -0.994. The molecule has 0 N–H and O–H groups in total. The van der Waals surface area contributed by atoms with Crippen molar-refractivity contribution in [2.24, 2.45) is 0 Å². The number of nitrogens with zero attached hydrogens (tertiary/aromatic N) is 1. The molecule has 1 aliphatic heterocycles. The molecular weight excluding hydrogens is 290 g/mol. The molecule has 8 heteroatoms. The van der Waals surface area contributed by atoms with E-state index in [9.17, 15) is 13.2 Å². The van der Waals surface area contributed by atoms with Crippen LogP contribution in [0, 0.1) is 0 Å². The van der Waals surface area contributed by atoms with Crippen molar-refractivity contribution in [2.75, 3.05) is 27.3 Å². The Morgan fingerprint density at radius 1 is 1.32 bits per heavy atom. The molecule has 0 aromatic carbocycles. The largest absolute Gasteiger partial charge is 0.494 e. The third-order valence-corrected chi connectivity index (χ3v) is 6.34. The fraction of sp³-hybridized carbons (Fsp3) is 0.545. The van der Waals surface area contributed by atoms with E-state index in [4.69, 9.17) is 4.74 Å². The summed E-state index contributed by atoms with van der Waals surface area (Å²) in [4.78, 5) is 11.6. The summed E-state index contributed by atoms with van der Waals surface area (Å²) in [5, 5.41) is 1.45. The SMILES string of the molecule is COC(=O)c1csc(S(=O)(=O)N2CCCC2)c1OC. The predicted molar refractivity (Wildman–Crippen MR) is 70.2 cm³/mol. The Morgan fingerprint density at radius 2 is 1.95 bits per heavy atom. The van der Waals surface area contributed by atoms with Crippen LogP contribution in [0.5, 0.6) is 5.75 Å². The van der Waals surface area contributed by atoms with Crippen LogP contribution in [-0.4, -0.2) is 46.0 Å². The lowest BCUT2D eigenvalue weighted by molar-refractivity contribution is 0.0597. The van der Waals surface area contributed by atoms with E-state index in [0.717, 1.165) is 24.2 Å². The van der Waals surface area contributed by atoms with Gasteiger partial charge in [0.15, 0.2) is 9.96 Å². The molecule has 6 nitrogen and oxygen atoms in total. The number of methoxy groups -OCH3 is 2. The van der Waals surface area contributed by atoms with E-state index in [1.54, 1.807) is 0 Å². The van der Waals surface area contributed by atoms with E-state index in [2.05, 4.69) is 4.74 Å². The average molecular weight is 305 g/mol. The minimum atomic E-state index is -3.58. The van der Waals surface area contributed by atoms with Crippen molar-refractivity contribution in [3.05, 3.63) is 10.9 Å². The zero-order valence-corrected chi connectivity index (χ0v) is 12.3. The van der Waals surface area contributed by atoms with Gasteiger partial charge in [0.05, 0.1) is 14.2 Å². The highest BCUT2D eigenvalue weighted by Crippen LogP contribution is 2.37. The summed E-state index contributed by atoms with van der Waals surface area (Å²) >= 11 is 0.983. The summed E-state index contributed by atoms with van der Waals surface area (Å²) in [5.41, 5.74) is 0.146. The Balaban J connectivity index is 2.45. The number of esters is 1. The third kappa shape index (κ3) is 2.47. The fourth-order valence-corrected chi connectivity index (χ4v) is 5.07.